The Bertz CT molecular complexity index is 453. The number of thioether (sulfide) groups is 1. The zero-order valence-electron chi connectivity index (χ0n) is 8.71. The van der Waals surface area contributed by atoms with Gasteiger partial charge in [0.2, 0.25) is 0 Å². The molecule has 0 aliphatic rings. The Morgan fingerprint density at radius 1 is 1.19 bits per heavy atom. The average Bonchev–Trinajstić information content (AvgIpc) is 2.78. The lowest BCUT2D eigenvalue weighted by atomic mass is 10.2. The molecule has 3 nitrogen and oxygen atoms in total. The minimum atomic E-state index is 0.584. The fourth-order valence-electron chi connectivity index (χ4n) is 1.12. The summed E-state index contributed by atoms with van der Waals surface area (Å²) in [6.45, 7) is 0.584. The maximum Gasteiger partial charge on any atom is 0.179 e. The van der Waals surface area contributed by atoms with Gasteiger partial charge < -0.3 is 5.73 Å². The summed E-state index contributed by atoms with van der Waals surface area (Å²) < 4.78 is 1.98. The van der Waals surface area contributed by atoms with Crippen LogP contribution in [0.25, 0.3) is 0 Å². The Hall–Kier alpha value is -0.560. The molecule has 0 bridgehead atoms. The van der Waals surface area contributed by atoms with Gasteiger partial charge in [0.15, 0.2) is 8.68 Å². The summed E-state index contributed by atoms with van der Waals surface area (Å²) in [5.74, 6) is 0. The first kappa shape index (κ1) is 11.9. The molecule has 0 radical (unpaired) electrons. The van der Waals surface area contributed by atoms with Gasteiger partial charge >= 0.3 is 0 Å². The van der Waals surface area contributed by atoms with Crippen LogP contribution in [0.5, 0.6) is 0 Å². The Morgan fingerprint density at radius 3 is 2.44 bits per heavy atom. The van der Waals surface area contributed by atoms with Crippen molar-refractivity contribution in [1.82, 2.24) is 10.2 Å². The summed E-state index contributed by atoms with van der Waals surface area (Å²) in [6.07, 6.45) is 2.00. The van der Waals surface area contributed by atoms with Crippen LogP contribution >= 0.6 is 34.9 Å². The summed E-state index contributed by atoms with van der Waals surface area (Å²) in [7, 11) is 0. The summed E-state index contributed by atoms with van der Waals surface area (Å²) >= 11 is 4.87. The highest BCUT2D eigenvalue weighted by atomic mass is 32.2. The van der Waals surface area contributed by atoms with Crippen molar-refractivity contribution in [3.05, 3.63) is 29.8 Å². The molecule has 1 aromatic carbocycles. The lowest BCUT2D eigenvalue weighted by Gasteiger charge is -1.98. The number of nitrogens with zero attached hydrogens (tertiary/aromatic N) is 2. The molecule has 84 valence electrons. The minimum Gasteiger partial charge on any atom is -0.326 e. The Morgan fingerprint density at radius 2 is 1.88 bits per heavy atom. The summed E-state index contributed by atoms with van der Waals surface area (Å²) in [5, 5.41) is 8.17. The molecule has 1 heterocycles. The molecule has 0 atom stereocenters. The van der Waals surface area contributed by atoms with E-state index >= 15 is 0 Å². The third-order valence-corrected chi connectivity index (χ3v) is 4.88. The SMILES string of the molecule is CSc1nnc(Sc2ccc(CN)cc2)s1. The van der Waals surface area contributed by atoms with E-state index in [1.165, 1.54) is 4.90 Å². The van der Waals surface area contributed by atoms with Gasteiger partial charge in [0.1, 0.15) is 0 Å². The smallest absolute Gasteiger partial charge is 0.179 e. The average molecular weight is 269 g/mol. The Kier molecular flexibility index (Phi) is 4.22. The third-order valence-electron chi connectivity index (χ3n) is 1.93. The number of hydrogen-bond acceptors (Lipinski definition) is 6. The molecule has 2 rings (SSSR count). The van der Waals surface area contributed by atoms with Gasteiger partial charge in [-0.1, -0.05) is 47.0 Å². The molecule has 0 spiro atoms. The van der Waals surface area contributed by atoms with E-state index in [-0.39, 0.29) is 0 Å². The van der Waals surface area contributed by atoms with E-state index in [2.05, 4.69) is 22.3 Å². The first-order valence-corrected chi connectivity index (χ1v) is 7.52. The molecule has 2 N–H and O–H groups in total. The van der Waals surface area contributed by atoms with Crippen molar-refractivity contribution in [3.8, 4) is 0 Å². The van der Waals surface area contributed by atoms with E-state index in [1.807, 2.05) is 18.4 Å². The third kappa shape index (κ3) is 2.98. The van der Waals surface area contributed by atoms with Gasteiger partial charge in [-0.15, -0.1) is 10.2 Å². The van der Waals surface area contributed by atoms with Gasteiger partial charge in [-0.2, -0.15) is 0 Å². The number of aromatic nitrogens is 2. The molecule has 16 heavy (non-hydrogen) atoms. The molecule has 1 aromatic heterocycles. The van der Waals surface area contributed by atoms with Crippen LogP contribution in [0.2, 0.25) is 0 Å². The van der Waals surface area contributed by atoms with Crippen LogP contribution < -0.4 is 5.73 Å². The lowest BCUT2D eigenvalue weighted by molar-refractivity contribution is 0.955. The van der Waals surface area contributed by atoms with Gasteiger partial charge in [0.05, 0.1) is 0 Å². The number of nitrogens with two attached hydrogens (primary N) is 1. The van der Waals surface area contributed by atoms with E-state index in [9.17, 15) is 0 Å². The topological polar surface area (TPSA) is 51.8 Å². The Balaban J connectivity index is 2.08. The predicted octanol–water partition coefficient (Wildman–Crippen LogP) is 2.87. The zero-order chi connectivity index (χ0) is 11.4. The van der Waals surface area contributed by atoms with E-state index in [1.54, 1.807) is 34.9 Å². The predicted molar refractivity (Wildman–Crippen MR) is 70.1 cm³/mol. The molecule has 0 saturated carbocycles. The number of benzene rings is 1. The molecule has 0 amide bonds. The molecule has 0 aliphatic heterocycles. The van der Waals surface area contributed by atoms with Crippen LogP contribution in [0.3, 0.4) is 0 Å². The summed E-state index contributed by atoms with van der Waals surface area (Å²) in [4.78, 5) is 1.17. The molecule has 6 heteroatoms. The molecule has 0 aliphatic carbocycles. The minimum absolute atomic E-state index is 0.584. The quantitative estimate of drug-likeness (QED) is 0.865. The van der Waals surface area contributed by atoms with Crippen LogP contribution in [0.4, 0.5) is 0 Å². The Labute approximate surface area is 107 Å². The van der Waals surface area contributed by atoms with Crippen LogP contribution in [-0.2, 0) is 6.54 Å². The molecule has 0 fully saturated rings. The first-order valence-electron chi connectivity index (χ1n) is 4.66. The summed E-state index contributed by atoms with van der Waals surface area (Å²) in [5.41, 5.74) is 6.69. The van der Waals surface area contributed by atoms with Gasteiger partial charge in [-0.05, 0) is 24.0 Å². The normalized spacial score (nSPS) is 10.6. The summed E-state index contributed by atoms with van der Waals surface area (Å²) in [6, 6.07) is 8.21. The number of hydrogen-bond donors (Lipinski definition) is 1. The van der Waals surface area contributed by atoms with Crippen molar-refractivity contribution >= 4 is 34.9 Å². The van der Waals surface area contributed by atoms with E-state index in [0.29, 0.717) is 6.54 Å². The molecule has 0 unspecified atom stereocenters. The van der Waals surface area contributed by atoms with Crippen LogP contribution in [-0.4, -0.2) is 16.5 Å². The van der Waals surface area contributed by atoms with E-state index < -0.39 is 0 Å². The van der Waals surface area contributed by atoms with Crippen molar-refractivity contribution < 1.29 is 0 Å². The lowest BCUT2D eigenvalue weighted by Crippen LogP contribution is -1.94. The number of rotatable bonds is 4. The maximum absolute atomic E-state index is 5.54. The second kappa shape index (κ2) is 5.67. The molecule has 0 saturated heterocycles. The van der Waals surface area contributed by atoms with E-state index in [4.69, 9.17) is 5.73 Å². The highest BCUT2D eigenvalue weighted by Gasteiger charge is 2.04. The second-order valence-corrected chi connectivity index (χ2v) is 6.34. The maximum atomic E-state index is 5.54. The van der Waals surface area contributed by atoms with Crippen LogP contribution in [0.1, 0.15) is 5.56 Å². The largest absolute Gasteiger partial charge is 0.326 e. The van der Waals surface area contributed by atoms with Crippen molar-refractivity contribution in [3.63, 3.8) is 0 Å². The fourth-order valence-corrected chi connectivity index (χ4v) is 3.53. The second-order valence-electron chi connectivity index (χ2n) is 2.99. The van der Waals surface area contributed by atoms with Crippen molar-refractivity contribution in [2.45, 2.75) is 20.1 Å². The highest BCUT2D eigenvalue weighted by molar-refractivity contribution is 8.03. The van der Waals surface area contributed by atoms with Gasteiger partial charge in [0, 0.05) is 11.4 Å². The van der Waals surface area contributed by atoms with Gasteiger partial charge in [0.25, 0.3) is 0 Å². The molecular formula is C10H11N3S3. The van der Waals surface area contributed by atoms with Gasteiger partial charge in [-0.25, -0.2) is 0 Å². The monoisotopic (exact) mass is 269 g/mol. The molecule has 2 aromatic rings. The fraction of sp³-hybridized carbons (Fsp3) is 0.200. The van der Waals surface area contributed by atoms with Crippen molar-refractivity contribution in [2.24, 2.45) is 5.73 Å². The first-order chi connectivity index (χ1) is 7.81. The molecular weight excluding hydrogens is 258 g/mol. The highest BCUT2D eigenvalue weighted by Crippen LogP contribution is 2.32. The standard InChI is InChI=1S/C10H11N3S3/c1-14-9-12-13-10(16-9)15-8-4-2-7(6-11)3-5-8/h2-5H,6,11H2,1H3. The zero-order valence-corrected chi connectivity index (χ0v) is 11.2. The van der Waals surface area contributed by atoms with Crippen molar-refractivity contribution in [1.29, 1.82) is 0 Å². The van der Waals surface area contributed by atoms with Crippen molar-refractivity contribution in [2.75, 3.05) is 6.26 Å². The van der Waals surface area contributed by atoms with Crippen LogP contribution in [0, 0.1) is 0 Å². The van der Waals surface area contributed by atoms with Crippen LogP contribution in [0.15, 0.2) is 37.8 Å². The van der Waals surface area contributed by atoms with Gasteiger partial charge in [-0.3, -0.25) is 0 Å². The van der Waals surface area contributed by atoms with E-state index in [0.717, 1.165) is 14.2 Å².